The Labute approximate surface area is 195 Å². The van der Waals surface area contributed by atoms with Crippen LogP contribution in [0.1, 0.15) is 11.4 Å². The van der Waals surface area contributed by atoms with Crippen molar-refractivity contribution in [3.05, 3.63) is 78.1 Å². The van der Waals surface area contributed by atoms with E-state index < -0.39 is 26.5 Å². The quantitative estimate of drug-likeness (QED) is 0.346. The molecule has 1 atom stereocenters. The summed E-state index contributed by atoms with van der Waals surface area (Å²) < 4.78 is 74.1. The van der Waals surface area contributed by atoms with Crippen LogP contribution < -0.4 is 9.86 Å². The molecule has 0 radical (unpaired) electrons. The Kier molecular flexibility index (Phi) is 6.47. The van der Waals surface area contributed by atoms with Gasteiger partial charge in [0.05, 0.1) is 15.9 Å². The van der Waals surface area contributed by atoms with Crippen LogP contribution in [0.2, 0.25) is 0 Å². The van der Waals surface area contributed by atoms with Crippen LogP contribution in [0.15, 0.2) is 71.6 Å². The molecule has 0 aliphatic rings. The first kappa shape index (κ1) is 23.9. The lowest BCUT2D eigenvalue weighted by Crippen LogP contribution is -2.22. The number of aromatic amines is 1. The molecule has 1 aromatic heterocycles. The maximum Gasteiger partial charge on any atom is 0.490 e. The number of hydrogen-bond donors (Lipinski definition) is 3. The molecule has 0 fully saturated rings. The molecule has 0 aliphatic heterocycles. The van der Waals surface area contributed by atoms with Crippen LogP contribution in [-0.4, -0.2) is 28.1 Å². The van der Waals surface area contributed by atoms with Crippen molar-refractivity contribution in [3.63, 3.8) is 0 Å². The minimum atomic E-state index is -4.83. The van der Waals surface area contributed by atoms with Crippen molar-refractivity contribution in [2.45, 2.75) is 23.2 Å². The van der Waals surface area contributed by atoms with Gasteiger partial charge in [0.25, 0.3) is 0 Å². The number of nitrogens with zero attached hydrogens (tertiary/aromatic N) is 1. The van der Waals surface area contributed by atoms with Gasteiger partial charge in [-0.25, -0.2) is 22.7 Å². The van der Waals surface area contributed by atoms with Gasteiger partial charge in [-0.15, -0.1) is 0 Å². The van der Waals surface area contributed by atoms with Gasteiger partial charge in [0.2, 0.25) is 21.0 Å². The molecule has 0 amide bonds. The number of fused-ring (bicyclic) bond motifs is 1. The van der Waals surface area contributed by atoms with E-state index in [1.807, 2.05) is 4.72 Å². The number of rotatable bonds is 7. The number of sulfonamides is 1. The van der Waals surface area contributed by atoms with Crippen LogP contribution in [0.3, 0.4) is 0 Å². The number of halogens is 3. The average molecular weight is 509 g/mol. The normalized spacial score (nSPS) is 13.2. The standard InChI is InChI=1S/C22H19F3N4O3S2/c23-22(24,25)33(30)29-16-9-5-14(6-10-16)7-12-21-27-18-11-8-15(13-19(18)28-21)17-3-1-2-4-20(17)34(26,31)32/h1-6,8-11,13,29H,7,12H2,(H,27,28)(H2,26,31,32). The lowest BCUT2D eigenvalue weighted by Gasteiger charge is -2.09. The van der Waals surface area contributed by atoms with E-state index in [-0.39, 0.29) is 10.6 Å². The van der Waals surface area contributed by atoms with Gasteiger partial charge >= 0.3 is 5.51 Å². The van der Waals surface area contributed by atoms with E-state index in [2.05, 4.69) is 9.97 Å². The van der Waals surface area contributed by atoms with E-state index in [1.54, 1.807) is 48.5 Å². The van der Waals surface area contributed by atoms with Crippen molar-refractivity contribution in [1.29, 1.82) is 0 Å². The van der Waals surface area contributed by atoms with Gasteiger partial charge in [0, 0.05) is 17.7 Å². The summed E-state index contributed by atoms with van der Waals surface area (Å²) in [6.07, 6.45) is 1.11. The first-order valence-corrected chi connectivity index (χ1v) is 12.7. The van der Waals surface area contributed by atoms with Crippen molar-refractivity contribution >= 4 is 37.7 Å². The molecule has 1 unspecified atom stereocenters. The number of primary sulfonamides is 1. The molecule has 4 rings (SSSR count). The molecule has 0 bridgehead atoms. The second-order valence-corrected chi connectivity index (χ2v) is 10.2. The maximum absolute atomic E-state index is 12.4. The van der Waals surface area contributed by atoms with Crippen LogP contribution >= 0.6 is 0 Å². The second kappa shape index (κ2) is 9.20. The molecule has 34 heavy (non-hydrogen) atoms. The molecule has 3 aromatic carbocycles. The lowest BCUT2D eigenvalue weighted by atomic mass is 10.1. The van der Waals surface area contributed by atoms with Crippen LogP contribution in [-0.2, 0) is 33.9 Å². The number of benzene rings is 3. The van der Waals surface area contributed by atoms with Crippen LogP contribution in [0.5, 0.6) is 0 Å². The summed E-state index contributed by atoms with van der Waals surface area (Å²) in [5.74, 6) is 0.701. The Morgan fingerprint density at radius 3 is 2.38 bits per heavy atom. The molecule has 0 spiro atoms. The number of H-pyrrole nitrogens is 1. The Morgan fingerprint density at radius 1 is 1.00 bits per heavy atom. The maximum atomic E-state index is 12.4. The van der Waals surface area contributed by atoms with E-state index in [9.17, 15) is 25.8 Å². The highest BCUT2D eigenvalue weighted by atomic mass is 32.2. The van der Waals surface area contributed by atoms with Crippen LogP contribution in [0.25, 0.3) is 22.2 Å². The number of imidazole rings is 1. The van der Waals surface area contributed by atoms with E-state index >= 15 is 0 Å². The van der Waals surface area contributed by atoms with Gasteiger partial charge in [-0.2, -0.15) is 13.2 Å². The summed E-state index contributed by atoms with van der Waals surface area (Å²) in [5.41, 5.74) is -1.26. The molecular weight excluding hydrogens is 489 g/mol. The molecule has 7 nitrogen and oxygen atoms in total. The fourth-order valence-corrected chi connectivity index (χ4v) is 4.70. The summed E-state index contributed by atoms with van der Waals surface area (Å²) >= 11 is 0. The number of aromatic nitrogens is 2. The van der Waals surface area contributed by atoms with Crippen molar-refractivity contribution in [2.75, 3.05) is 4.72 Å². The van der Waals surface area contributed by atoms with Crippen molar-refractivity contribution in [2.24, 2.45) is 5.14 Å². The zero-order valence-corrected chi connectivity index (χ0v) is 19.1. The number of hydrogen-bond acceptors (Lipinski definition) is 4. The third-order valence-corrected chi connectivity index (χ3v) is 6.87. The summed E-state index contributed by atoms with van der Waals surface area (Å²) in [6.45, 7) is 0. The molecule has 178 valence electrons. The van der Waals surface area contributed by atoms with Gasteiger partial charge in [0.1, 0.15) is 5.82 Å². The van der Waals surface area contributed by atoms with Gasteiger partial charge in [-0.05, 0) is 47.9 Å². The van der Waals surface area contributed by atoms with Crippen molar-refractivity contribution in [1.82, 2.24) is 9.97 Å². The number of aryl methyl sites for hydroxylation is 2. The number of alkyl halides is 3. The minimum absolute atomic E-state index is 0.0334. The Bertz CT molecular complexity index is 1470. The second-order valence-electron chi connectivity index (χ2n) is 7.47. The van der Waals surface area contributed by atoms with Crippen LogP contribution in [0, 0.1) is 0 Å². The topological polar surface area (TPSA) is 118 Å². The highest BCUT2D eigenvalue weighted by molar-refractivity contribution is 7.89. The summed E-state index contributed by atoms with van der Waals surface area (Å²) in [4.78, 5) is 7.79. The molecule has 4 N–H and O–H groups in total. The SMILES string of the molecule is NS(=O)(=O)c1ccccc1-c1ccc2nc(CCc3ccc(NS(=O)C(F)(F)F)cc3)[nH]c2c1. The predicted octanol–water partition coefficient (Wildman–Crippen LogP) is 4.26. The van der Waals surface area contributed by atoms with Crippen molar-refractivity contribution < 1.29 is 25.8 Å². The Hall–Kier alpha value is -3.22. The molecule has 4 aromatic rings. The Morgan fingerprint density at radius 2 is 1.71 bits per heavy atom. The number of nitrogens with one attached hydrogen (secondary N) is 2. The highest BCUT2D eigenvalue weighted by Gasteiger charge is 2.37. The zero-order chi connectivity index (χ0) is 24.5. The molecular formula is C22H19F3N4O3S2. The summed E-state index contributed by atoms with van der Waals surface area (Å²) in [5, 5.41) is 5.34. The third kappa shape index (κ3) is 5.46. The highest BCUT2D eigenvalue weighted by Crippen LogP contribution is 2.29. The van der Waals surface area contributed by atoms with Gasteiger partial charge in [0.15, 0.2) is 0 Å². The van der Waals surface area contributed by atoms with E-state index in [0.717, 1.165) is 11.1 Å². The zero-order valence-electron chi connectivity index (χ0n) is 17.5. The molecule has 0 saturated heterocycles. The predicted molar refractivity (Wildman–Crippen MR) is 125 cm³/mol. The molecule has 0 saturated carbocycles. The average Bonchev–Trinajstić information content (AvgIpc) is 3.19. The molecule has 0 aliphatic carbocycles. The monoisotopic (exact) mass is 508 g/mol. The smallest absolute Gasteiger partial charge is 0.342 e. The van der Waals surface area contributed by atoms with E-state index in [4.69, 9.17) is 5.14 Å². The number of nitrogens with two attached hydrogens (primary N) is 1. The van der Waals surface area contributed by atoms with E-state index in [0.29, 0.717) is 35.3 Å². The van der Waals surface area contributed by atoms with Gasteiger partial charge in [-0.1, -0.05) is 36.4 Å². The largest absolute Gasteiger partial charge is 0.490 e. The Balaban J connectivity index is 1.48. The number of anilines is 1. The van der Waals surface area contributed by atoms with Crippen LogP contribution in [0.4, 0.5) is 18.9 Å². The lowest BCUT2D eigenvalue weighted by molar-refractivity contribution is -0.0379. The first-order chi connectivity index (χ1) is 16.0. The van der Waals surface area contributed by atoms with Crippen molar-refractivity contribution in [3.8, 4) is 11.1 Å². The fourth-order valence-electron chi connectivity index (χ4n) is 3.47. The molecule has 12 heteroatoms. The third-order valence-electron chi connectivity index (χ3n) is 5.06. The van der Waals surface area contributed by atoms with Gasteiger partial charge in [-0.3, -0.25) is 4.72 Å². The molecule has 1 heterocycles. The fraction of sp³-hybridized carbons (Fsp3) is 0.136. The summed E-state index contributed by atoms with van der Waals surface area (Å²) in [7, 11) is -7.05. The summed E-state index contributed by atoms with van der Waals surface area (Å²) in [6, 6.07) is 18.0. The van der Waals surface area contributed by atoms with E-state index in [1.165, 1.54) is 18.2 Å². The minimum Gasteiger partial charge on any atom is -0.342 e. The van der Waals surface area contributed by atoms with Gasteiger partial charge < -0.3 is 4.98 Å². The first-order valence-electron chi connectivity index (χ1n) is 9.96.